The summed E-state index contributed by atoms with van der Waals surface area (Å²) in [7, 11) is 0. The van der Waals surface area contributed by atoms with E-state index in [1.807, 2.05) is 36.4 Å². The Balaban J connectivity index is 0.000000143. The molecule has 2 aliphatic carbocycles. The number of hydrogen-bond donors (Lipinski definition) is 1. The molecular weight excluding hydrogens is 639 g/mol. The summed E-state index contributed by atoms with van der Waals surface area (Å²) in [6.07, 6.45) is 10.1. The van der Waals surface area contributed by atoms with Crippen molar-refractivity contribution in [2.75, 3.05) is 0 Å². The van der Waals surface area contributed by atoms with E-state index >= 15 is 0 Å². The minimum absolute atomic E-state index is 0.0299. The summed E-state index contributed by atoms with van der Waals surface area (Å²) in [5, 5.41) is 7.86. The Morgan fingerprint density at radius 1 is 0.692 bits per heavy atom. The van der Waals surface area contributed by atoms with E-state index in [1.165, 1.54) is 56.1 Å². The molecule has 0 amide bonds. The van der Waals surface area contributed by atoms with Crippen molar-refractivity contribution in [3.8, 4) is 45.3 Å². The molecule has 1 N–H and O–H groups in total. The zero-order valence-electron chi connectivity index (χ0n) is 29.8. The van der Waals surface area contributed by atoms with Crippen LogP contribution in [-0.2, 0) is 11.8 Å². The van der Waals surface area contributed by atoms with Gasteiger partial charge in [-0.25, -0.2) is 0 Å². The Bertz CT molecular complexity index is 2510. The molecule has 0 unspecified atom stereocenters. The first-order chi connectivity index (χ1) is 25.4. The molecule has 6 aromatic carbocycles. The third-order valence-corrected chi connectivity index (χ3v) is 10.4. The summed E-state index contributed by atoms with van der Waals surface area (Å²) in [6, 6.07) is 42.4. The van der Waals surface area contributed by atoms with E-state index in [0.29, 0.717) is 0 Å². The van der Waals surface area contributed by atoms with Gasteiger partial charge in [0.05, 0.1) is 0 Å². The Kier molecular flexibility index (Phi) is 8.60. The average molecular weight is 680 g/mol. The number of fused-ring (bicyclic) bond motifs is 9. The van der Waals surface area contributed by atoms with E-state index in [4.69, 9.17) is 19.3 Å². The largest absolute Gasteiger partial charge is 0.455 e. The molecule has 0 atom stereocenters. The van der Waals surface area contributed by atoms with Gasteiger partial charge < -0.3 is 19.3 Å². The van der Waals surface area contributed by atoms with Gasteiger partial charge in [0.2, 0.25) is 0 Å². The zero-order valence-corrected chi connectivity index (χ0v) is 29.8. The number of ether oxygens (including phenoxy) is 2. The zero-order chi connectivity index (χ0) is 35.8. The maximum Gasteiger partial charge on any atom is 0.178 e. The summed E-state index contributed by atoms with van der Waals surface area (Å²) >= 11 is 0. The summed E-state index contributed by atoms with van der Waals surface area (Å²) < 4.78 is 18.6. The standard InChI is InChI=1S/C25H20O.C22H18O2.CH3N/c1-2-7-18(8-3-1)17-19-13-15-20(16-14-19)21-10-6-11-23-22-9-4-5-12-24(22)26-25(21)23;1-13-8-10-17-19(12-13)23-18-11-9-16-20(21(18)24-17)14-6-4-5-7-15(14)22(16,2)3;1-2/h1-2,4-7,9-16H,3,8,17H2;4-12H,1-3H3;2H,1H2. The van der Waals surface area contributed by atoms with Gasteiger partial charge in [-0.05, 0) is 90.5 Å². The van der Waals surface area contributed by atoms with Crippen LogP contribution in [0.15, 0.2) is 150 Å². The number of para-hydroxylation sites is 2. The van der Waals surface area contributed by atoms with Gasteiger partial charge in [-0.1, -0.05) is 135 Å². The van der Waals surface area contributed by atoms with Crippen LogP contribution in [0.4, 0.5) is 0 Å². The summed E-state index contributed by atoms with van der Waals surface area (Å²) in [6.45, 7) is 9.09. The average Bonchev–Trinajstić information content (AvgIpc) is 3.68. The summed E-state index contributed by atoms with van der Waals surface area (Å²) in [4.78, 5) is 0. The van der Waals surface area contributed by atoms with E-state index in [-0.39, 0.29) is 5.41 Å². The van der Waals surface area contributed by atoms with Crippen LogP contribution in [0.2, 0.25) is 0 Å². The van der Waals surface area contributed by atoms with Gasteiger partial charge >= 0.3 is 0 Å². The minimum Gasteiger partial charge on any atom is -0.455 e. The molecule has 1 aliphatic heterocycles. The monoisotopic (exact) mass is 679 g/mol. The van der Waals surface area contributed by atoms with Crippen molar-refractivity contribution in [2.45, 2.75) is 45.4 Å². The fourth-order valence-corrected chi connectivity index (χ4v) is 7.77. The first-order valence-corrected chi connectivity index (χ1v) is 17.9. The second-order valence-electron chi connectivity index (χ2n) is 14.1. The van der Waals surface area contributed by atoms with E-state index in [2.05, 4.69) is 131 Å². The van der Waals surface area contributed by atoms with Gasteiger partial charge in [0.1, 0.15) is 11.2 Å². The number of nitrogens with one attached hydrogen (secondary N) is 1. The first kappa shape index (κ1) is 33.0. The van der Waals surface area contributed by atoms with Crippen LogP contribution in [0, 0.1) is 12.3 Å². The summed E-state index contributed by atoms with van der Waals surface area (Å²) in [5.74, 6) is 3.19. The van der Waals surface area contributed by atoms with Gasteiger partial charge in [-0.2, -0.15) is 0 Å². The lowest BCUT2D eigenvalue weighted by molar-refractivity contribution is 0.360. The van der Waals surface area contributed by atoms with Gasteiger partial charge in [0.25, 0.3) is 0 Å². The van der Waals surface area contributed by atoms with E-state index in [9.17, 15) is 0 Å². The van der Waals surface area contributed by atoms with Crippen molar-refractivity contribution in [3.63, 3.8) is 0 Å². The highest BCUT2D eigenvalue weighted by molar-refractivity contribution is 6.09. The maximum atomic E-state index is 6.30. The van der Waals surface area contributed by atoms with Crippen LogP contribution >= 0.6 is 0 Å². The van der Waals surface area contributed by atoms with Crippen LogP contribution in [0.3, 0.4) is 0 Å². The highest BCUT2D eigenvalue weighted by Crippen LogP contribution is 2.58. The number of aryl methyl sites for hydroxylation is 1. The lowest BCUT2D eigenvalue weighted by atomic mass is 9.82. The molecule has 52 heavy (non-hydrogen) atoms. The van der Waals surface area contributed by atoms with Gasteiger partial charge in [0, 0.05) is 27.3 Å². The van der Waals surface area contributed by atoms with Crippen molar-refractivity contribution in [1.82, 2.24) is 0 Å². The fraction of sp³-hybridized carbons (Fsp3) is 0.146. The molecule has 4 nitrogen and oxygen atoms in total. The molecule has 256 valence electrons. The third kappa shape index (κ3) is 5.80. The van der Waals surface area contributed by atoms with Crippen molar-refractivity contribution >= 4 is 28.7 Å². The minimum atomic E-state index is -0.0299. The maximum absolute atomic E-state index is 6.30. The van der Waals surface area contributed by atoms with Gasteiger partial charge in [-0.3, -0.25) is 0 Å². The Morgan fingerprint density at radius 3 is 2.27 bits per heavy atom. The lowest BCUT2D eigenvalue weighted by Gasteiger charge is -2.25. The molecular formula is C48H41NO3. The van der Waals surface area contributed by atoms with Crippen LogP contribution in [0.1, 0.15) is 48.9 Å². The molecule has 0 fully saturated rings. The molecule has 7 aromatic rings. The number of rotatable bonds is 3. The number of allylic oxidation sites excluding steroid dienone is 4. The van der Waals surface area contributed by atoms with E-state index in [0.717, 1.165) is 58.1 Å². The first-order valence-electron chi connectivity index (χ1n) is 17.9. The molecule has 0 bridgehead atoms. The summed E-state index contributed by atoms with van der Waals surface area (Å²) in [5.41, 5.74) is 13.3. The quantitative estimate of drug-likeness (QED) is 0.189. The predicted molar refractivity (Wildman–Crippen MR) is 214 cm³/mol. The van der Waals surface area contributed by atoms with Crippen molar-refractivity contribution < 1.29 is 13.9 Å². The number of benzene rings is 6. The molecule has 10 rings (SSSR count). The molecule has 2 heterocycles. The third-order valence-electron chi connectivity index (χ3n) is 10.4. The SMILES string of the molecule is C1=CCCC(Cc2ccc(-c3cccc4c3oc3ccccc34)cc2)=C1.C=N.Cc1ccc2c(c1)Oc1ccc3c(c1O2)-c1ccccc1C3(C)C. The van der Waals surface area contributed by atoms with Crippen LogP contribution in [0.5, 0.6) is 23.0 Å². The topological polar surface area (TPSA) is 55.5 Å². The fourth-order valence-electron chi connectivity index (χ4n) is 7.77. The lowest BCUT2D eigenvalue weighted by Crippen LogP contribution is -2.15. The highest BCUT2D eigenvalue weighted by atomic mass is 16.6. The molecule has 3 aliphatic rings. The number of furan rings is 1. The van der Waals surface area contributed by atoms with E-state index < -0.39 is 0 Å². The predicted octanol–water partition coefficient (Wildman–Crippen LogP) is 13.5. The van der Waals surface area contributed by atoms with Gasteiger partial charge in [0.15, 0.2) is 23.0 Å². The number of hydrogen-bond acceptors (Lipinski definition) is 4. The van der Waals surface area contributed by atoms with Crippen molar-refractivity contribution in [1.29, 1.82) is 5.41 Å². The van der Waals surface area contributed by atoms with Crippen LogP contribution in [-0.4, -0.2) is 6.72 Å². The Morgan fingerprint density at radius 2 is 1.44 bits per heavy atom. The molecule has 0 saturated heterocycles. The van der Waals surface area contributed by atoms with Crippen molar-refractivity contribution in [3.05, 3.63) is 167 Å². The molecule has 0 radical (unpaired) electrons. The van der Waals surface area contributed by atoms with Crippen molar-refractivity contribution in [2.24, 2.45) is 0 Å². The second kappa shape index (κ2) is 13.5. The second-order valence-corrected chi connectivity index (χ2v) is 14.1. The molecule has 4 heteroatoms. The Hall–Kier alpha value is -6.13. The molecule has 0 saturated carbocycles. The van der Waals surface area contributed by atoms with Crippen LogP contribution < -0.4 is 9.47 Å². The molecule has 0 spiro atoms. The van der Waals surface area contributed by atoms with Gasteiger partial charge in [-0.15, -0.1) is 0 Å². The van der Waals surface area contributed by atoms with E-state index in [1.54, 1.807) is 0 Å². The normalized spacial score (nSPS) is 14.2. The smallest absolute Gasteiger partial charge is 0.178 e. The highest BCUT2D eigenvalue weighted by Gasteiger charge is 2.39. The van der Waals surface area contributed by atoms with Crippen LogP contribution in [0.25, 0.3) is 44.2 Å². The Labute approximate surface area is 305 Å². The molecule has 1 aromatic heterocycles.